The third-order valence-electron chi connectivity index (χ3n) is 4.40. The lowest BCUT2D eigenvalue weighted by atomic mass is 10.2. The van der Waals surface area contributed by atoms with Crippen molar-refractivity contribution in [2.45, 2.75) is 25.8 Å². The minimum absolute atomic E-state index is 0.0699. The summed E-state index contributed by atoms with van der Waals surface area (Å²) in [6, 6.07) is 14.6. The number of anilines is 3. The second-order valence-electron chi connectivity index (χ2n) is 6.68. The van der Waals surface area contributed by atoms with Crippen LogP contribution in [-0.4, -0.2) is 22.8 Å². The number of rotatable bonds is 6. The first-order valence-electron chi connectivity index (χ1n) is 8.92. The van der Waals surface area contributed by atoms with Crippen LogP contribution in [0, 0.1) is 5.92 Å². The van der Waals surface area contributed by atoms with Crippen molar-refractivity contribution in [1.29, 1.82) is 0 Å². The predicted molar refractivity (Wildman–Crippen MR) is 109 cm³/mol. The maximum Gasteiger partial charge on any atom is 0.246 e. The normalized spacial score (nSPS) is 14.6. The van der Waals surface area contributed by atoms with Gasteiger partial charge in [-0.25, -0.2) is 4.98 Å². The van der Waals surface area contributed by atoms with E-state index in [1.165, 1.54) is 11.3 Å². The molecule has 0 radical (unpaired) electrons. The highest BCUT2D eigenvalue weighted by Gasteiger charge is 2.29. The molecule has 2 amide bonds. The summed E-state index contributed by atoms with van der Waals surface area (Å²) >= 11 is 1.52. The molecule has 2 aromatic carbocycles. The Labute approximate surface area is 161 Å². The molecule has 27 heavy (non-hydrogen) atoms. The van der Waals surface area contributed by atoms with Gasteiger partial charge in [0.05, 0.1) is 10.2 Å². The molecule has 1 aliphatic rings. The number of benzene rings is 2. The zero-order valence-electron chi connectivity index (χ0n) is 14.9. The van der Waals surface area contributed by atoms with Crippen molar-refractivity contribution in [2.24, 2.45) is 5.92 Å². The van der Waals surface area contributed by atoms with Gasteiger partial charge in [-0.1, -0.05) is 23.5 Å². The molecule has 7 heteroatoms. The number of hydrogen-bond donors (Lipinski definition) is 3. The standard InChI is InChI=1S/C20H20N4O2S/c1-12(21-20-24-16-4-2-3-5-17(16)27-20)18(25)22-14-8-10-15(11-9-14)23-19(26)13-6-7-13/h2-5,8-13H,6-7H2,1H3,(H,21,24)(H,22,25)(H,23,26)/t12-/m0/s1. The SMILES string of the molecule is C[C@H](Nc1nc2ccccc2s1)C(=O)Nc1ccc(NC(=O)C2CC2)cc1. The number of nitrogens with one attached hydrogen (secondary N) is 3. The van der Waals surface area contributed by atoms with Crippen molar-refractivity contribution in [3.63, 3.8) is 0 Å². The number of hydrogen-bond acceptors (Lipinski definition) is 5. The molecule has 3 aromatic rings. The molecule has 1 aromatic heterocycles. The lowest BCUT2D eigenvalue weighted by molar-refractivity contribution is -0.117. The maximum atomic E-state index is 12.4. The highest BCUT2D eigenvalue weighted by molar-refractivity contribution is 7.22. The van der Waals surface area contributed by atoms with E-state index >= 15 is 0 Å². The maximum absolute atomic E-state index is 12.4. The molecule has 0 unspecified atom stereocenters. The van der Waals surface area contributed by atoms with Crippen LogP contribution in [0.5, 0.6) is 0 Å². The molecular weight excluding hydrogens is 360 g/mol. The van der Waals surface area contributed by atoms with Gasteiger partial charge in [-0.2, -0.15) is 0 Å². The first-order valence-corrected chi connectivity index (χ1v) is 9.74. The van der Waals surface area contributed by atoms with Gasteiger partial charge in [-0.15, -0.1) is 0 Å². The number of carbonyl (C=O) groups is 2. The summed E-state index contributed by atoms with van der Waals surface area (Å²) in [4.78, 5) is 28.7. The Hall–Kier alpha value is -2.93. The fourth-order valence-electron chi connectivity index (χ4n) is 2.66. The molecule has 138 valence electrons. The zero-order valence-corrected chi connectivity index (χ0v) is 15.7. The number of nitrogens with zero attached hydrogens (tertiary/aromatic N) is 1. The first kappa shape index (κ1) is 17.5. The Morgan fingerprint density at radius 1 is 1.04 bits per heavy atom. The van der Waals surface area contributed by atoms with Crippen molar-refractivity contribution in [1.82, 2.24) is 4.98 Å². The second kappa shape index (κ2) is 7.36. The van der Waals surface area contributed by atoms with Gasteiger partial charge in [0.2, 0.25) is 11.8 Å². The smallest absolute Gasteiger partial charge is 0.246 e. The van der Waals surface area contributed by atoms with Crippen molar-refractivity contribution in [3.05, 3.63) is 48.5 Å². The highest BCUT2D eigenvalue weighted by Crippen LogP contribution is 2.30. The molecule has 3 N–H and O–H groups in total. The monoisotopic (exact) mass is 380 g/mol. The van der Waals surface area contributed by atoms with E-state index in [4.69, 9.17) is 0 Å². The molecule has 0 bridgehead atoms. The van der Waals surface area contributed by atoms with Crippen LogP contribution < -0.4 is 16.0 Å². The molecule has 0 saturated heterocycles. The second-order valence-corrected chi connectivity index (χ2v) is 7.71. The zero-order chi connectivity index (χ0) is 18.8. The summed E-state index contributed by atoms with van der Waals surface area (Å²) in [5, 5.41) is 9.62. The van der Waals surface area contributed by atoms with E-state index in [1.54, 1.807) is 31.2 Å². The van der Waals surface area contributed by atoms with Crippen LogP contribution >= 0.6 is 11.3 Å². The van der Waals surface area contributed by atoms with Gasteiger partial charge in [0.25, 0.3) is 0 Å². The first-order chi connectivity index (χ1) is 13.1. The van der Waals surface area contributed by atoms with E-state index in [-0.39, 0.29) is 17.7 Å². The summed E-state index contributed by atoms with van der Waals surface area (Å²) in [6.07, 6.45) is 1.94. The minimum atomic E-state index is -0.431. The lowest BCUT2D eigenvalue weighted by Crippen LogP contribution is -2.31. The van der Waals surface area contributed by atoms with Gasteiger partial charge < -0.3 is 16.0 Å². The topological polar surface area (TPSA) is 83.1 Å². The molecule has 0 spiro atoms. The average Bonchev–Trinajstić information content (AvgIpc) is 3.43. The van der Waals surface area contributed by atoms with E-state index in [1.807, 2.05) is 24.3 Å². The molecule has 1 heterocycles. The van der Waals surface area contributed by atoms with E-state index in [0.29, 0.717) is 5.69 Å². The minimum Gasteiger partial charge on any atom is -0.350 e. The molecule has 1 fully saturated rings. The summed E-state index contributed by atoms with van der Waals surface area (Å²) in [6.45, 7) is 1.80. The Morgan fingerprint density at radius 2 is 1.70 bits per heavy atom. The van der Waals surface area contributed by atoms with Crippen LogP contribution in [0.4, 0.5) is 16.5 Å². The van der Waals surface area contributed by atoms with Crippen LogP contribution in [0.15, 0.2) is 48.5 Å². The summed E-state index contributed by atoms with van der Waals surface area (Å²) in [7, 11) is 0. The quantitative estimate of drug-likeness (QED) is 0.602. The van der Waals surface area contributed by atoms with E-state index in [0.717, 1.165) is 33.9 Å². The van der Waals surface area contributed by atoms with Gasteiger partial charge in [0.15, 0.2) is 5.13 Å². The van der Waals surface area contributed by atoms with Gasteiger partial charge in [0, 0.05) is 17.3 Å². The number of carbonyl (C=O) groups excluding carboxylic acids is 2. The van der Waals surface area contributed by atoms with E-state index in [9.17, 15) is 9.59 Å². The largest absolute Gasteiger partial charge is 0.350 e. The number of para-hydroxylation sites is 1. The number of amides is 2. The molecular formula is C20H20N4O2S. The Morgan fingerprint density at radius 3 is 2.37 bits per heavy atom. The van der Waals surface area contributed by atoms with E-state index in [2.05, 4.69) is 20.9 Å². The number of fused-ring (bicyclic) bond motifs is 1. The summed E-state index contributed by atoms with van der Waals surface area (Å²) < 4.78 is 1.08. The van der Waals surface area contributed by atoms with Gasteiger partial charge in [0.1, 0.15) is 6.04 Å². The summed E-state index contributed by atoms with van der Waals surface area (Å²) in [5.41, 5.74) is 2.34. The highest BCUT2D eigenvalue weighted by atomic mass is 32.1. The van der Waals surface area contributed by atoms with Gasteiger partial charge in [-0.3, -0.25) is 9.59 Å². The Bertz CT molecular complexity index is 946. The average molecular weight is 380 g/mol. The summed E-state index contributed by atoms with van der Waals surface area (Å²) in [5.74, 6) is 0.0864. The van der Waals surface area contributed by atoms with Crippen molar-refractivity contribution < 1.29 is 9.59 Å². The van der Waals surface area contributed by atoms with E-state index < -0.39 is 6.04 Å². The van der Waals surface area contributed by atoms with Crippen LogP contribution in [0.25, 0.3) is 10.2 Å². The molecule has 4 rings (SSSR count). The van der Waals surface area contributed by atoms with Crippen LogP contribution in [0.1, 0.15) is 19.8 Å². The third kappa shape index (κ3) is 4.25. The third-order valence-corrected chi connectivity index (χ3v) is 5.36. The van der Waals surface area contributed by atoms with Crippen LogP contribution in [0.2, 0.25) is 0 Å². The predicted octanol–water partition coefficient (Wildman–Crippen LogP) is 4.08. The fraction of sp³-hybridized carbons (Fsp3) is 0.250. The van der Waals surface area contributed by atoms with Crippen LogP contribution in [-0.2, 0) is 9.59 Å². The number of thiazole rings is 1. The van der Waals surface area contributed by atoms with Crippen molar-refractivity contribution in [3.8, 4) is 0 Å². The molecule has 1 aliphatic carbocycles. The molecule has 6 nitrogen and oxygen atoms in total. The molecule has 1 atom stereocenters. The van der Waals surface area contributed by atoms with Gasteiger partial charge >= 0.3 is 0 Å². The Kier molecular flexibility index (Phi) is 4.77. The Balaban J connectivity index is 1.34. The fourth-order valence-corrected chi connectivity index (χ4v) is 3.61. The van der Waals surface area contributed by atoms with Crippen molar-refractivity contribution in [2.75, 3.05) is 16.0 Å². The van der Waals surface area contributed by atoms with Crippen molar-refractivity contribution >= 4 is 49.9 Å². The number of aromatic nitrogens is 1. The van der Waals surface area contributed by atoms with Gasteiger partial charge in [-0.05, 0) is 56.2 Å². The lowest BCUT2D eigenvalue weighted by Gasteiger charge is -2.13. The molecule has 0 aliphatic heterocycles. The van der Waals surface area contributed by atoms with Crippen LogP contribution in [0.3, 0.4) is 0 Å². The molecule has 1 saturated carbocycles.